The summed E-state index contributed by atoms with van der Waals surface area (Å²) in [6, 6.07) is 4.93. The van der Waals surface area contributed by atoms with Gasteiger partial charge in [-0.15, -0.1) is 24.8 Å². The van der Waals surface area contributed by atoms with Gasteiger partial charge in [-0.2, -0.15) is 0 Å². The Kier molecular flexibility index (Phi) is 7.41. The highest BCUT2D eigenvalue weighted by molar-refractivity contribution is 5.86. The maximum Gasteiger partial charge on any atom is 0.240 e. The highest BCUT2D eigenvalue weighted by atomic mass is 35.5. The minimum absolute atomic E-state index is 0. The minimum atomic E-state index is -0.758. The van der Waals surface area contributed by atoms with E-state index in [0.29, 0.717) is 24.1 Å². The predicted octanol–water partition coefficient (Wildman–Crippen LogP) is 3.05. The number of carbonyl (C=O) groups excluding carboxylic acids is 1. The van der Waals surface area contributed by atoms with Crippen LogP contribution in [0.3, 0.4) is 0 Å². The first kappa shape index (κ1) is 21.4. The molecule has 1 heterocycles. The van der Waals surface area contributed by atoms with Gasteiger partial charge in [0.15, 0.2) is 0 Å². The van der Waals surface area contributed by atoms with Crippen molar-refractivity contribution < 1.29 is 9.18 Å². The second-order valence-electron chi connectivity index (χ2n) is 6.18. The van der Waals surface area contributed by atoms with E-state index in [-0.39, 0.29) is 43.1 Å². The van der Waals surface area contributed by atoms with Crippen LogP contribution in [0.25, 0.3) is 5.69 Å². The Balaban J connectivity index is 0.00000156. The number of carbonyl (C=O) groups is 1. The van der Waals surface area contributed by atoms with Crippen molar-refractivity contribution in [2.75, 3.05) is 0 Å². The maximum absolute atomic E-state index is 14.3. The highest BCUT2D eigenvalue weighted by Gasteiger charge is 2.36. The largest absolute Gasteiger partial charge is 0.350 e. The monoisotopic (exact) mass is 388 g/mol. The molecule has 5 nitrogen and oxygen atoms in total. The molecule has 138 valence electrons. The molecule has 0 radical (unpaired) electrons. The zero-order chi connectivity index (χ0) is 16.4. The van der Waals surface area contributed by atoms with E-state index in [0.717, 1.165) is 18.7 Å². The number of rotatable bonds is 4. The summed E-state index contributed by atoms with van der Waals surface area (Å²) in [6.45, 7) is 2.09. The van der Waals surface area contributed by atoms with Gasteiger partial charge in [0.1, 0.15) is 11.6 Å². The number of imidazole rings is 1. The summed E-state index contributed by atoms with van der Waals surface area (Å²) in [5, 5.41) is 2.82. The Morgan fingerprint density at radius 1 is 1.36 bits per heavy atom. The average molecular weight is 389 g/mol. The lowest BCUT2D eigenvalue weighted by Crippen LogP contribution is -2.51. The number of benzene rings is 1. The Hall–Kier alpha value is -1.63. The van der Waals surface area contributed by atoms with Crippen molar-refractivity contribution in [3.8, 4) is 5.69 Å². The molecule has 0 spiro atoms. The Morgan fingerprint density at radius 3 is 2.60 bits per heavy atom. The van der Waals surface area contributed by atoms with Crippen LogP contribution in [0.2, 0.25) is 0 Å². The second kappa shape index (κ2) is 8.65. The standard InChI is InChI=1S/C17H21FN4O.2ClH/c1-12-20-8-9-22(12)15-5-4-13(10-14(15)18)11-21-16(23)17(19)6-2-3-7-17;;/h4-5,8-10H,2-3,6-7,11,19H2,1H3,(H,21,23);2*1H. The molecule has 1 aliphatic rings. The van der Waals surface area contributed by atoms with Gasteiger partial charge < -0.3 is 15.6 Å². The topological polar surface area (TPSA) is 72.9 Å². The zero-order valence-electron chi connectivity index (χ0n) is 14.0. The number of nitrogens with one attached hydrogen (secondary N) is 1. The van der Waals surface area contributed by atoms with Crippen molar-refractivity contribution in [1.29, 1.82) is 0 Å². The zero-order valence-corrected chi connectivity index (χ0v) is 15.6. The molecule has 1 aromatic heterocycles. The molecule has 1 saturated carbocycles. The normalized spacial score (nSPS) is 15.2. The lowest BCUT2D eigenvalue weighted by Gasteiger charge is -2.22. The molecule has 1 aromatic carbocycles. The first-order valence-electron chi connectivity index (χ1n) is 7.85. The van der Waals surface area contributed by atoms with Gasteiger partial charge in [0.25, 0.3) is 0 Å². The molecule has 3 N–H and O–H groups in total. The fourth-order valence-electron chi connectivity index (χ4n) is 3.08. The predicted molar refractivity (Wildman–Crippen MR) is 100.0 cm³/mol. The van der Waals surface area contributed by atoms with Gasteiger partial charge in [0.2, 0.25) is 5.91 Å². The second-order valence-corrected chi connectivity index (χ2v) is 6.18. The van der Waals surface area contributed by atoms with Gasteiger partial charge in [0, 0.05) is 18.9 Å². The van der Waals surface area contributed by atoms with E-state index >= 15 is 0 Å². The highest BCUT2D eigenvalue weighted by Crippen LogP contribution is 2.27. The number of amides is 1. The van der Waals surface area contributed by atoms with Crippen LogP contribution in [0.5, 0.6) is 0 Å². The quantitative estimate of drug-likeness (QED) is 0.844. The molecule has 2 aromatic rings. The Bertz CT molecular complexity index is 729. The average Bonchev–Trinajstić information content (AvgIpc) is 3.15. The van der Waals surface area contributed by atoms with Crippen molar-refractivity contribution in [3.05, 3.63) is 47.8 Å². The third kappa shape index (κ3) is 4.51. The van der Waals surface area contributed by atoms with E-state index in [9.17, 15) is 9.18 Å². The number of hydrogen-bond acceptors (Lipinski definition) is 3. The number of halogens is 3. The van der Waals surface area contributed by atoms with Crippen LogP contribution in [0.1, 0.15) is 37.1 Å². The van der Waals surface area contributed by atoms with Crippen LogP contribution in [0, 0.1) is 12.7 Å². The molecule has 0 bridgehead atoms. The van der Waals surface area contributed by atoms with Crippen LogP contribution in [-0.4, -0.2) is 21.0 Å². The van der Waals surface area contributed by atoms with Crippen LogP contribution in [-0.2, 0) is 11.3 Å². The first-order valence-corrected chi connectivity index (χ1v) is 7.85. The third-order valence-electron chi connectivity index (χ3n) is 4.50. The van der Waals surface area contributed by atoms with E-state index in [1.165, 1.54) is 6.07 Å². The summed E-state index contributed by atoms with van der Waals surface area (Å²) < 4.78 is 16.0. The Labute approximate surface area is 159 Å². The van der Waals surface area contributed by atoms with Gasteiger partial charge in [0.05, 0.1) is 11.2 Å². The van der Waals surface area contributed by atoms with Gasteiger partial charge in [-0.25, -0.2) is 9.37 Å². The van der Waals surface area contributed by atoms with Crippen molar-refractivity contribution in [1.82, 2.24) is 14.9 Å². The Morgan fingerprint density at radius 2 is 2.04 bits per heavy atom. The number of nitrogens with zero attached hydrogens (tertiary/aromatic N) is 2. The molecule has 3 rings (SSSR count). The smallest absolute Gasteiger partial charge is 0.240 e. The van der Waals surface area contributed by atoms with Gasteiger partial charge >= 0.3 is 0 Å². The van der Waals surface area contributed by atoms with Crippen molar-refractivity contribution in [2.24, 2.45) is 5.73 Å². The molecule has 0 saturated heterocycles. The molecule has 0 aliphatic heterocycles. The SMILES string of the molecule is Cc1nccn1-c1ccc(CNC(=O)C2(N)CCCC2)cc1F.Cl.Cl. The molecule has 1 amide bonds. The number of aryl methyl sites for hydroxylation is 1. The third-order valence-corrected chi connectivity index (χ3v) is 4.50. The molecular weight excluding hydrogens is 366 g/mol. The van der Waals surface area contributed by atoms with E-state index in [1.807, 2.05) is 6.92 Å². The molecule has 1 aliphatic carbocycles. The number of nitrogens with two attached hydrogens (primary N) is 1. The van der Waals surface area contributed by atoms with Gasteiger partial charge in [-0.1, -0.05) is 18.9 Å². The lowest BCUT2D eigenvalue weighted by molar-refractivity contribution is -0.126. The van der Waals surface area contributed by atoms with Crippen molar-refractivity contribution >= 4 is 30.7 Å². The van der Waals surface area contributed by atoms with E-state index in [4.69, 9.17) is 5.73 Å². The van der Waals surface area contributed by atoms with E-state index in [1.54, 1.807) is 29.1 Å². The van der Waals surface area contributed by atoms with Gasteiger partial charge in [-0.05, 0) is 37.5 Å². The maximum atomic E-state index is 14.3. The molecular formula is C17H23Cl2FN4O. The lowest BCUT2D eigenvalue weighted by atomic mass is 9.98. The summed E-state index contributed by atoms with van der Waals surface area (Å²) in [5.41, 5.74) is 6.50. The molecule has 25 heavy (non-hydrogen) atoms. The van der Waals surface area contributed by atoms with Crippen LogP contribution >= 0.6 is 24.8 Å². The van der Waals surface area contributed by atoms with E-state index < -0.39 is 5.54 Å². The summed E-state index contributed by atoms with van der Waals surface area (Å²) in [5.74, 6) is 0.224. The van der Waals surface area contributed by atoms with Gasteiger partial charge in [-0.3, -0.25) is 4.79 Å². The molecule has 8 heteroatoms. The molecule has 0 atom stereocenters. The summed E-state index contributed by atoms with van der Waals surface area (Å²) in [6.07, 6.45) is 6.74. The summed E-state index contributed by atoms with van der Waals surface area (Å²) >= 11 is 0. The fraction of sp³-hybridized carbons (Fsp3) is 0.412. The summed E-state index contributed by atoms with van der Waals surface area (Å²) in [4.78, 5) is 16.3. The first-order chi connectivity index (χ1) is 11.0. The number of hydrogen-bond donors (Lipinski definition) is 2. The van der Waals surface area contributed by atoms with Crippen molar-refractivity contribution in [2.45, 2.75) is 44.7 Å². The van der Waals surface area contributed by atoms with Crippen molar-refractivity contribution in [3.63, 3.8) is 0 Å². The molecule has 1 fully saturated rings. The van der Waals surface area contributed by atoms with Crippen LogP contribution in [0.4, 0.5) is 4.39 Å². The number of aromatic nitrogens is 2. The molecule has 0 unspecified atom stereocenters. The van der Waals surface area contributed by atoms with Crippen LogP contribution in [0.15, 0.2) is 30.6 Å². The van der Waals surface area contributed by atoms with E-state index in [2.05, 4.69) is 10.3 Å². The summed E-state index contributed by atoms with van der Waals surface area (Å²) in [7, 11) is 0. The van der Waals surface area contributed by atoms with Crippen LogP contribution < -0.4 is 11.1 Å². The minimum Gasteiger partial charge on any atom is -0.350 e. The fourth-order valence-corrected chi connectivity index (χ4v) is 3.08.